The van der Waals surface area contributed by atoms with Crippen molar-refractivity contribution in [3.05, 3.63) is 64.7 Å². The molecule has 0 saturated carbocycles. The molecule has 0 unspecified atom stereocenters. The Balaban J connectivity index is 2.12. The van der Waals surface area contributed by atoms with Gasteiger partial charge in [-0.15, -0.1) is 0 Å². The zero-order valence-electron chi connectivity index (χ0n) is 10.6. The lowest BCUT2D eigenvalue weighted by Crippen LogP contribution is -2.26. The van der Waals surface area contributed by atoms with E-state index in [2.05, 4.69) is 0 Å². The normalized spacial score (nSPS) is 10.2. The number of nitrogens with zero attached hydrogens (tertiary/aromatic N) is 1. The van der Waals surface area contributed by atoms with Gasteiger partial charge in [0.05, 0.1) is 5.56 Å². The second-order valence-electron chi connectivity index (χ2n) is 4.37. The summed E-state index contributed by atoms with van der Waals surface area (Å²) in [6.07, 6.45) is 0. The third kappa shape index (κ3) is 3.26. The van der Waals surface area contributed by atoms with E-state index in [-0.39, 0.29) is 5.91 Å². The molecule has 0 aliphatic carbocycles. The van der Waals surface area contributed by atoms with Gasteiger partial charge in [0.2, 0.25) is 0 Å². The molecule has 0 spiro atoms. The lowest BCUT2D eigenvalue weighted by Gasteiger charge is -2.18. The lowest BCUT2D eigenvalue weighted by atomic mass is 10.1. The van der Waals surface area contributed by atoms with Crippen LogP contribution in [0, 0.1) is 0 Å². The summed E-state index contributed by atoms with van der Waals surface area (Å²) in [6.45, 7) is 0.518. The predicted octanol–water partition coefficient (Wildman–Crippen LogP) is 3.19. The highest BCUT2D eigenvalue weighted by Gasteiger charge is 2.14. The molecule has 2 N–H and O–H groups in total. The van der Waals surface area contributed by atoms with Crippen LogP contribution in [0.5, 0.6) is 0 Å². The molecule has 2 aromatic carbocycles. The van der Waals surface area contributed by atoms with Gasteiger partial charge < -0.3 is 10.6 Å². The molecule has 4 heteroatoms. The number of amides is 1. The van der Waals surface area contributed by atoms with Gasteiger partial charge in [0, 0.05) is 24.3 Å². The molecular formula is C15H15ClN2O. The van der Waals surface area contributed by atoms with Crippen molar-refractivity contribution in [2.75, 3.05) is 12.8 Å². The van der Waals surface area contributed by atoms with Crippen molar-refractivity contribution in [1.29, 1.82) is 0 Å². The maximum Gasteiger partial charge on any atom is 0.255 e. The molecule has 0 atom stereocenters. The number of rotatable bonds is 3. The zero-order chi connectivity index (χ0) is 13.8. The Morgan fingerprint density at radius 2 is 1.79 bits per heavy atom. The van der Waals surface area contributed by atoms with Gasteiger partial charge in [-0.1, -0.05) is 35.9 Å². The topological polar surface area (TPSA) is 46.3 Å². The fourth-order valence-corrected chi connectivity index (χ4v) is 1.96. The quantitative estimate of drug-likeness (QED) is 0.874. The van der Waals surface area contributed by atoms with Crippen LogP contribution in [0.3, 0.4) is 0 Å². The average molecular weight is 275 g/mol. The first kappa shape index (κ1) is 13.4. The maximum atomic E-state index is 12.3. The minimum absolute atomic E-state index is 0.0898. The van der Waals surface area contributed by atoms with Crippen molar-refractivity contribution in [3.63, 3.8) is 0 Å². The van der Waals surface area contributed by atoms with E-state index in [1.54, 1.807) is 30.1 Å². The van der Waals surface area contributed by atoms with Crippen LogP contribution in [0.1, 0.15) is 15.9 Å². The number of hydrogen-bond donors (Lipinski definition) is 1. The number of benzene rings is 2. The van der Waals surface area contributed by atoms with Crippen molar-refractivity contribution in [2.45, 2.75) is 6.54 Å². The summed E-state index contributed by atoms with van der Waals surface area (Å²) in [5.41, 5.74) is 7.85. The molecule has 19 heavy (non-hydrogen) atoms. The largest absolute Gasteiger partial charge is 0.398 e. The van der Waals surface area contributed by atoms with Crippen LogP contribution in [0.15, 0.2) is 48.5 Å². The van der Waals surface area contributed by atoms with Gasteiger partial charge in [0.1, 0.15) is 0 Å². The van der Waals surface area contributed by atoms with Crippen molar-refractivity contribution >= 4 is 23.2 Å². The second-order valence-corrected chi connectivity index (χ2v) is 4.81. The number of nitrogens with two attached hydrogens (primary N) is 1. The molecule has 2 aromatic rings. The fourth-order valence-electron chi connectivity index (χ4n) is 1.83. The number of para-hydroxylation sites is 1. The van der Waals surface area contributed by atoms with Crippen LogP contribution >= 0.6 is 11.6 Å². The molecule has 0 bridgehead atoms. The first-order valence-electron chi connectivity index (χ1n) is 5.92. The van der Waals surface area contributed by atoms with Crippen LogP contribution in [0.2, 0.25) is 5.02 Å². The van der Waals surface area contributed by atoms with Crippen molar-refractivity contribution in [2.24, 2.45) is 0 Å². The van der Waals surface area contributed by atoms with Gasteiger partial charge in [0.15, 0.2) is 0 Å². The number of nitrogen functional groups attached to an aromatic ring is 1. The first-order valence-corrected chi connectivity index (χ1v) is 6.30. The van der Waals surface area contributed by atoms with E-state index < -0.39 is 0 Å². The van der Waals surface area contributed by atoms with Gasteiger partial charge in [0.25, 0.3) is 5.91 Å². The number of carbonyl (C=O) groups is 1. The van der Waals surface area contributed by atoms with Gasteiger partial charge in [-0.3, -0.25) is 4.79 Å². The van der Waals surface area contributed by atoms with E-state index in [1.165, 1.54) is 0 Å². The molecule has 0 saturated heterocycles. The van der Waals surface area contributed by atoms with E-state index >= 15 is 0 Å². The van der Waals surface area contributed by atoms with Crippen LogP contribution in [-0.2, 0) is 6.54 Å². The molecular weight excluding hydrogens is 260 g/mol. The van der Waals surface area contributed by atoms with E-state index in [9.17, 15) is 4.79 Å². The molecule has 3 nitrogen and oxygen atoms in total. The Labute approximate surface area is 117 Å². The van der Waals surface area contributed by atoms with E-state index in [0.29, 0.717) is 22.8 Å². The van der Waals surface area contributed by atoms with Crippen molar-refractivity contribution in [1.82, 2.24) is 4.90 Å². The minimum atomic E-state index is -0.0898. The fraction of sp³-hybridized carbons (Fsp3) is 0.133. The second kappa shape index (κ2) is 5.76. The number of anilines is 1. The van der Waals surface area contributed by atoms with Crippen LogP contribution in [0.4, 0.5) is 5.69 Å². The van der Waals surface area contributed by atoms with E-state index in [0.717, 1.165) is 5.56 Å². The zero-order valence-corrected chi connectivity index (χ0v) is 11.4. The molecule has 0 fully saturated rings. The summed E-state index contributed by atoms with van der Waals surface area (Å²) in [7, 11) is 1.75. The Bertz CT molecular complexity index is 581. The van der Waals surface area contributed by atoms with Crippen LogP contribution in [0.25, 0.3) is 0 Å². The molecule has 0 aromatic heterocycles. The van der Waals surface area contributed by atoms with Gasteiger partial charge in [-0.05, 0) is 29.8 Å². The molecule has 1 amide bonds. The Kier molecular flexibility index (Phi) is 4.07. The first-order chi connectivity index (χ1) is 9.08. The summed E-state index contributed by atoms with van der Waals surface area (Å²) < 4.78 is 0. The highest BCUT2D eigenvalue weighted by Crippen LogP contribution is 2.15. The third-order valence-corrected chi connectivity index (χ3v) is 3.12. The SMILES string of the molecule is CN(Cc1ccc(Cl)cc1)C(=O)c1ccccc1N. The molecule has 98 valence electrons. The Hall–Kier alpha value is -2.00. The number of carbonyl (C=O) groups excluding carboxylic acids is 1. The minimum Gasteiger partial charge on any atom is -0.398 e. The maximum absolute atomic E-state index is 12.3. The molecule has 0 aliphatic rings. The molecule has 0 aliphatic heterocycles. The highest BCUT2D eigenvalue weighted by atomic mass is 35.5. The number of hydrogen-bond acceptors (Lipinski definition) is 2. The standard InChI is InChI=1S/C15H15ClN2O/c1-18(10-11-6-8-12(16)9-7-11)15(19)13-4-2-3-5-14(13)17/h2-9H,10,17H2,1H3. The Morgan fingerprint density at radius 3 is 2.42 bits per heavy atom. The van der Waals surface area contributed by atoms with Crippen molar-refractivity contribution < 1.29 is 4.79 Å². The van der Waals surface area contributed by atoms with Crippen LogP contribution in [-0.4, -0.2) is 17.9 Å². The van der Waals surface area contributed by atoms with E-state index in [4.69, 9.17) is 17.3 Å². The summed E-state index contributed by atoms with van der Waals surface area (Å²) in [6, 6.07) is 14.5. The van der Waals surface area contributed by atoms with Gasteiger partial charge in [-0.2, -0.15) is 0 Å². The summed E-state index contributed by atoms with van der Waals surface area (Å²) >= 11 is 5.83. The monoisotopic (exact) mass is 274 g/mol. The lowest BCUT2D eigenvalue weighted by molar-refractivity contribution is 0.0786. The van der Waals surface area contributed by atoms with Gasteiger partial charge in [-0.25, -0.2) is 0 Å². The summed E-state index contributed by atoms with van der Waals surface area (Å²) in [5.74, 6) is -0.0898. The third-order valence-electron chi connectivity index (χ3n) is 2.87. The highest BCUT2D eigenvalue weighted by molar-refractivity contribution is 6.30. The summed E-state index contributed by atoms with van der Waals surface area (Å²) in [4.78, 5) is 13.9. The average Bonchev–Trinajstić information content (AvgIpc) is 2.41. The van der Waals surface area contributed by atoms with E-state index in [1.807, 2.05) is 30.3 Å². The number of halogens is 1. The van der Waals surface area contributed by atoms with Gasteiger partial charge >= 0.3 is 0 Å². The molecule has 0 heterocycles. The molecule has 0 radical (unpaired) electrons. The van der Waals surface area contributed by atoms with Crippen LogP contribution < -0.4 is 5.73 Å². The smallest absolute Gasteiger partial charge is 0.255 e. The predicted molar refractivity (Wildman–Crippen MR) is 78.1 cm³/mol. The van der Waals surface area contributed by atoms with Crippen molar-refractivity contribution in [3.8, 4) is 0 Å². The Morgan fingerprint density at radius 1 is 1.16 bits per heavy atom. The summed E-state index contributed by atoms with van der Waals surface area (Å²) in [5, 5.41) is 0.685. The molecule has 2 rings (SSSR count).